The van der Waals surface area contributed by atoms with Crippen molar-refractivity contribution in [2.75, 3.05) is 11.9 Å². The Hall–Kier alpha value is -2.49. The normalized spacial score (nSPS) is 12.2. The Morgan fingerprint density at radius 3 is 2.33 bits per heavy atom. The quantitative estimate of drug-likeness (QED) is 0.526. The molecule has 0 atom stereocenters. The molecule has 21 heavy (non-hydrogen) atoms. The van der Waals surface area contributed by atoms with Gasteiger partial charge >= 0.3 is 6.18 Å². The third-order valence-electron chi connectivity index (χ3n) is 2.52. The fourth-order valence-corrected chi connectivity index (χ4v) is 1.51. The number of ether oxygens (including phenoxy) is 1. The lowest BCUT2D eigenvalue weighted by Gasteiger charge is -2.09. The molecule has 0 radical (unpaired) electrons. The minimum absolute atomic E-state index is 0.157. The van der Waals surface area contributed by atoms with Gasteiger partial charge in [-0.3, -0.25) is 4.79 Å². The van der Waals surface area contributed by atoms with Crippen molar-refractivity contribution in [1.29, 1.82) is 5.26 Å². The molecule has 1 N–H and O–H groups in total. The summed E-state index contributed by atoms with van der Waals surface area (Å²) < 4.78 is 42.3. The molecule has 0 bridgehead atoms. The summed E-state index contributed by atoms with van der Waals surface area (Å²) in [5.74, 6) is -0.576. The first-order chi connectivity index (χ1) is 9.79. The number of benzene rings is 1. The number of alkyl halides is 3. The lowest BCUT2D eigenvalue weighted by Crippen LogP contribution is -2.16. The number of nitrogens with one attached hydrogen (secondary N) is 1. The van der Waals surface area contributed by atoms with E-state index >= 15 is 0 Å². The van der Waals surface area contributed by atoms with Crippen molar-refractivity contribution in [1.82, 2.24) is 0 Å². The van der Waals surface area contributed by atoms with Gasteiger partial charge in [0.25, 0.3) is 5.91 Å². The summed E-state index contributed by atoms with van der Waals surface area (Å²) in [4.78, 5) is 11.8. The zero-order chi connectivity index (χ0) is 16.0. The largest absolute Gasteiger partial charge is 0.497 e. The first kappa shape index (κ1) is 16.6. The Morgan fingerprint density at radius 2 is 1.90 bits per heavy atom. The fraction of sp³-hybridized carbons (Fsp3) is 0.286. The molecule has 0 heterocycles. The van der Waals surface area contributed by atoms with Gasteiger partial charge in [0, 0.05) is 5.69 Å². The standard InChI is InChI=1S/C14H13F3N2O2/c1-3-21-9(2)12(8-18)13(20)19-11-6-4-10(5-7-11)14(15,16)17/h4-7H,3H2,1-2H3,(H,19,20)/b12-9-. The van der Waals surface area contributed by atoms with Crippen LogP contribution in [0.25, 0.3) is 0 Å². The Kier molecular flexibility index (Phi) is 5.36. The summed E-state index contributed by atoms with van der Waals surface area (Å²) in [5, 5.41) is 11.3. The van der Waals surface area contributed by atoms with Crippen LogP contribution in [0.4, 0.5) is 18.9 Å². The molecule has 0 saturated carbocycles. The summed E-state index contributed by atoms with van der Waals surface area (Å²) in [5.41, 5.74) is -0.885. The van der Waals surface area contributed by atoms with Gasteiger partial charge in [-0.15, -0.1) is 0 Å². The van der Waals surface area contributed by atoms with E-state index < -0.39 is 17.6 Å². The van der Waals surface area contributed by atoms with Crippen LogP contribution in [-0.2, 0) is 15.7 Å². The van der Waals surface area contributed by atoms with E-state index in [4.69, 9.17) is 10.00 Å². The maximum absolute atomic E-state index is 12.4. The van der Waals surface area contributed by atoms with Crippen molar-refractivity contribution in [3.8, 4) is 6.07 Å². The summed E-state index contributed by atoms with van der Waals surface area (Å²) in [6, 6.07) is 5.63. The molecule has 0 aliphatic rings. The third-order valence-corrected chi connectivity index (χ3v) is 2.52. The molecule has 0 aliphatic carbocycles. The van der Waals surface area contributed by atoms with Gasteiger partial charge in [0.05, 0.1) is 12.2 Å². The molecule has 4 nitrogen and oxygen atoms in total. The van der Waals surface area contributed by atoms with Crippen molar-refractivity contribution >= 4 is 11.6 Å². The highest BCUT2D eigenvalue weighted by Gasteiger charge is 2.30. The van der Waals surface area contributed by atoms with E-state index in [-0.39, 0.29) is 17.0 Å². The van der Waals surface area contributed by atoms with Crippen LogP contribution in [0.1, 0.15) is 19.4 Å². The average molecular weight is 298 g/mol. The maximum Gasteiger partial charge on any atom is 0.416 e. The molecule has 1 rings (SSSR count). The molecular formula is C14H13F3N2O2. The van der Waals surface area contributed by atoms with E-state index in [0.717, 1.165) is 24.3 Å². The smallest absolute Gasteiger partial charge is 0.416 e. The Balaban J connectivity index is 2.89. The van der Waals surface area contributed by atoms with Gasteiger partial charge < -0.3 is 10.1 Å². The van der Waals surface area contributed by atoms with Crippen LogP contribution < -0.4 is 5.32 Å². The molecule has 0 aliphatic heterocycles. The topological polar surface area (TPSA) is 62.1 Å². The molecule has 0 aromatic heterocycles. The molecular weight excluding hydrogens is 285 g/mol. The molecule has 0 fully saturated rings. The van der Waals surface area contributed by atoms with Crippen LogP contribution in [0.15, 0.2) is 35.6 Å². The SMILES string of the molecule is CCO/C(C)=C(/C#N)C(=O)Nc1ccc(C(F)(F)F)cc1. The predicted octanol–water partition coefficient (Wildman–Crippen LogP) is 3.48. The van der Waals surface area contributed by atoms with Crippen molar-refractivity contribution in [2.45, 2.75) is 20.0 Å². The van der Waals surface area contributed by atoms with E-state index in [2.05, 4.69) is 5.32 Å². The third kappa shape index (κ3) is 4.53. The number of amides is 1. The zero-order valence-electron chi connectivity index (χ0n) is 11.4. The van der Waals surface area contributed by atoms with Crippen LogP contribution in [0.3, 0.4) is 0 Å². The van der Waals surface area contributed by atoms with E-state index in [1.54, 1.807) is 13.0 Å². The molecule has 1 aromatic rings. The van der Waals surface area contributed by atoms with Gasteiger partial charge in [-0.05, 0) is 38.1 Å². The van der Waals surface area contributed by atoms with Crippen LogP contribution in [0, 0.1) is 11.3 Å². The molecule has 7 heteroatoms. The number of hydrogen-bond acceptors (Lipinski definition) is 3. The fourth-order valence-electron chi connectivity index (χ4n) is 1.51. The first-order valence-electron chi connectivity index (χ1n) is 6.02. The average Bonchev–Trinajstić information content (AvgIpc) is 2.39. The van der Waals surface area contributed by atoms with E-state index in [1.165, 1.54) is 6.92 Å². The first-order valence-corrected chi connectivity index (χ1v) is 6.02. The number of nitriles is 1. The highest BCUT2D eigenvalue weighted by molar-refractivity contribution is 6.06. The Bertz CT molecular complexity index is 584. The minimum Gasteiger partial charge on any atom is -0.497 e. The number of allylic oxidation sites excluding steroid dienone is 1. The van der Waals surface area contributed by atoms with Gasteiger partial charge in [0.15, 0.2) is 5.57 Å². The number of halogens is 3. The van der Waals surface area contributed by atoms with E-state index in [9.17, 15) is 18.0 Å². The van der Waals surface area contributed by atoms with Gasteiger partial charge in [-0.1, -0.05) is 0 Å². The number of hydrogen-bond donors (Lipinski definition) is 1. The number of rotatable bonds is 4. The van der Waals surface area contributed by atoms with Crippen molar-refractivity contribution in [3.05, 3.63) is 41.2 Å². The van der Waals surface area contributed by atoms with Crippen LogP contribution in [0.5, 0.6) is 0 Å². The lowest BCUT2D eigenvalue weighted by atomic mass is 10.2. The van der Waals surface area contributed by atoms with Crippen LogP contribution in [-0.4, -0.2) is 12.5 Å². The number of nitrogens with zero attached hydrogens (tertiary/aromatic N) is 1. The van der Waals surface area contributed by atoms with Crippen LogP contribution in [0.2, 0.25) is 0 Å². The number of carbonyl (C=O) groups is 1. The highest BCUT2D eigenvalue weighted by Crippen LogP contribution is 2.29. The van der Waals surface area contributed by atoms with Crippen molar-refractivity contribution in [3.63, 3.8) is 0 Å². The van der Waals surface area contributed by atoms with Crippen molar-refractivity contribution < 1.29 is 22.7 Å². The van der Waals surface area contributed by atoms with Gasteiger partial charge in [0.1, 0.15) is 11.8 Å². The molecule has 1 aromatic carbocycles. The number of anilines is 1. The Labute approximate surface area is 119 Å². The summed E-state index contributed by atoms with van der Waals surface area (Å²) >= 11 is 0. The molecule has 1 amide bonds. The summed E-state index contributed by atoms with van der Waals surface area (Å²) in [7, 11) is 0. The minimum atomic E-state index is -4.44. The zero-order valence-corrected chi connectivity index (χ0v) is 11.4. The summed E-state index contributed by atoms with van der Waals surface area (Å²) in [6.45, 7) is 3.46. The van der Waals surface area contributed by atoms with Gasteiger partial charge in [0.2, 0.25) is 0 Å². The molecule has 0 saturated heterocycles. The molecule has 0 unspecified atom stereocenters. The summed E-state index contributed by atoms with van der Waals surface area (Å²) in [6.07, 6.45) is -4.44. The lowest BCUT2D eigenvalue weighted by molar-refractivity contribution is -0.137. The van der Waals surface area contributed by atoms with E-state index in [0.29, 0.717) is 6.61 Å². The molecule has 0 spiro atoms. The monoisotopic (exact) mass is 298 g/mol. The predicted molar refractivity (Wildman–Crippen MR) is 70.0 cm³/mol. The van der Waals surface area contributed by atoms with Gasteiger partial charge in [-0.25, -0.2) is 0 Å². The Morgan fingerprint density at radius 1 is 1.33 bits per heavy atom. The van der Waals surface area contributed by atoms with E-state index in [1.807, 2.05) is 0 Å². The number of carbonyl (C=O) groups excluding carboxylic acids is 1. The van der Waals surface area contributed by atoms with Crippen molar-refractivity contribution in [2.24, 2.45) is 0 Å². The highest BCUT2D eigenvalue weighted by atomic mass is 19.4. The van der Waals surface area contributed by atoms with Gasteiger partial charge in [-0.2, -0.15) is 18.4 Å². The van der Waals surface area contributed by atoms with Crippen LogP contribution >= 0.6 is 0 Å². The molecule has 112 valence electrons. The second-order valence-electron chi connectivity index (χ2n) is 4.01. The second kappa shape index (κ2) is 6.79. The second-order valence-corrected chi connectivity index (χ2v) is 4.01. The maximum atomic E-state index is 12.4.